The number of para-hydroxylation sites is 3. The summed E-state index contributed by atoms with van der Waals surface area (Å²) < 4.78 is 8.36. The van der Waals surface area contributed by atoms with Crippen LogP contribution in [0.15, 0.2) is 195 Å². The molecule has 1 N–H and O–H groups in total. The van der Waals surface area contributed by atoms with Gasteiger partial charge in [0.2, 0.25) is 5.91 Å². The lowest BCUT2D eigenvalue weighted by Crippen LogP contribution is -2.48. The molecule has 9 aromatic rings. The number of nitrogens with zero attached hydrogens (tertiary/aromatic N) is 5. The van der Waals surface area contributed by atoms with Gasteiger partial charge in [0.05, 0.1) is 22.4 Å². The molecule has 1 atom stereocenters. The predicted molar refractivity (Wildman–Crippen MR) is 300 cm³/mol. The van der Waals surface area contributed by atoms with Gasteiger partial charge < -0.3 is 15.0 Å². The zero-order chi connectivity index (χ0) is 51.0. The summed E-state index contributed by atoms with van der Waals surface area (Å²) in [5, 5.41) is 9.24. The third-order valence-electron chi connectivity index (χ3n) is 14.4. The number of ether oxygens (including phenoxy) is 1. The van der Waals surface area contributed by atoms with E-state index >= 15 is 0 Å². The molecule has 0 aliphatic carbocycles. The van der Waals surface area contributed by atoms with Crippen LogP contribution in [0.5, 0.6) is 0 Å². The summed E-state index contributed by atoms with van der Waals surface area (Å²) in [6.45, 7) is 2.49. The second-order valence-corrected chi connectivity index (χ2v) is 20.3. The number of fused-ring (bicyclic) bond motifs is 4. The van der Waals surface area contributed by atoms with E-state index in [4.69, 9.17) is 9.72 Å². The fourth-order valence-electron chi connectivity index (χ4n) is 10.7. The smallest absolute Gasteiger partial charge is 0.353 e. The highest BCUT2D eigenvalue weighted by atomic mass is 32.2. The van der Waals surface area contributed by atoms with Gasteiger partial charge in [-0.15, -0.1) is 0 Å². The Morgan fingerprint density at radius 2 is 1.36 bits per heavy atom. The fraction of sp³-hybridized carbons (Fsp3) is 0.175. The van der Waals surface area contributed by atoms with Gasteiger partial charge in [0.25, 0.3) is 5.56 Å². The Kier molecular flexibility index (Phi) is 12.9. The number of hydrogen-bond acceptors (Lipinski definition) is 9. The SMILES string of the molecule is CCCCCCCN1c2ccccc2Sc2cc(-c3ccc(-n4c5nc(=O)n(CC(=O)N[C@H](Cc6ccc7ccc8cccc9ccc6c7c89)C(=O)OCc6ccccc6)c(=O)c-5nc5ccccc54)cc3)ccc21. The molecule has 75 heavy (non-hydrogen) atoms. The maximum atomic E-state index is 14.5. The van der Waals surface area contributed by atoms with Gasteiger partial charge >= 0.3 is 11.7 Å². The normalized spacial score (nSPS) is 12.6. The summed E-state index contributed by atoms with van der Waals surface area (Å²) in [7, 11) is 0. The highest BCUT2D eigenvalue weighted by Crippen LogP contribution is 2.49. The fourth-order valence-corrected chi connectivity index (χ4v) is 11.8. The summed E-state index contributed by atoms with van der Waals surface area (Å²) in [4.78, 5) is 70.9. The Labute approximate surface area is 437 Å². The van der Waals surface area contributed by atoms with Crippen LogP contribution < -0.4 is 21.5 Å². The van der Waals surface area contributed by atoms with Crippen LogP contribution in [0.25, 0.3) is 71.7 Å². The van der Waals surface area contributed by atoms with Crippen molar-refractivity contribution in [3.8, 4) is 28.3 Å². The highest BCUT2D eigenvalue weighted by Gasteiger charge is 2.28. The minimum Gasteiger partial charge on any atom is -0.459 e. The van der Waals surface area contributed by atoms with Crippen LogP contribution >= 0.6 is 11.8 Å². The summed E-state index contributed by atoms with van der Waals surface area (Å²) in [5.74, 6) is -1.34. The van der Waals surface area contributed by atoms with Gasteiger partial charge in [-0.2, -0.15) is 4.98 Å². The molecule has 3 aliphatic heterocycles. The molecule has 3 aliphatic rings. The minimum absolute atomic E-state index is 0.00745. The second-order valence-electron chi connectivity index (χ2n) is 19.3. The van der Waals surface area contributed by atoms with E-state index in [1.54, 1.807) is 22.4 Å². The molecular weight excluding hydrogens is 953 g/mol. The van der Waals surface area contributed by atoms with E-state index in [1.165, 1.54) is 46.8 Å². The van der Waals surface area contributed by atoms with E-state index in [0.29, 0.717) is 16.7 Å². The average Bonchev–Trinajstić information content (AvgIpc) is 3.46. The highest BCUT2D eigenvalue weighted by molar-refractivity contribution is 7.99. The molecule has 12 heteroatoms. The summed E-state index contributed by atoms with van der Waals surface area (Å²) in [6.07, 6.45) is 6.16. The summed E-state index contributed by atoms with van der Waals surface area (Å²) in [5.41, 5.74) is 6.15. The number of benzene rings is 9. The maximum absolute atomic E-state index is 14.5. The van der Waals surface area contributed by atoms with Gasteiger partial charge in [-0.3, -0.25) is 14.2 Å². The van der Waals surface area contributed by atoms with E-state index in [0.717, 1.165) is 72.1 Å². The number of aromatic nitrogens is 4. The van der Waals surface area contributed by atoms with Crippen LogP contribution in [0, 0.1) is 0 Å². The molecule has 9 aromatic carbocycles. The lowest BCUT2D eigenvalue weighted by atomic mass is 9.90. The number of nitrogens with one attached hydrogen (secondary N) is 1. The van der Waals surface area contributed by atoms with Crippen molar-refractivity contribution >= 4 is 78.4 Å². The summed E-state index contributed by atoms with van der Waals surface area (Å²) in [6, 6.07) is 57.2. The van der Waals surface area contributed by atoms with Crippen LogP contribution in [0.2, 0.25) is 0 Å². The number of carbonyl (C=O) groups is 2. The van der Waals surface area contributed by atoms with Crippen LogP contribution in [-0.2, 0) is 33.9 Å². The molecule has 0 saturated carbocycles. The predicted octanol–water partition coefficient (Wildman–Crippen LogP) is 12.7. The number of carbonyl (C=O) groups excluding carboxylic acids is 2. The number of anilines is 2. The monoisotopic (exact) mass is 1000 g/mol. The van der Waals surface area contributed by atoms with Crippen molar-refractivity contribution in [1.82, 2.24) is 24.4 Å². The molecule has 0 radical (unpaired) electrons. The standard InChI is InChI=1S/C63H52N6O5S/c1-2-3-4-5-13-35-67-52-21-11-12-22-54(52)75-55-37-45(30-34-53(55)67)41-27-31-47(32-28-41)69-51-20-10-9-19-49(51)65-59-60(69)66-63(73)68(61(59)71)38-56(70)64-50(62(72)74-39-40-15-7-6-8-16-40)36-46-26-25-44-24-23-42-17-14-18-43-29-33-48(46)58(44)57(42)43/h6-12,14-34,37,50H,2-5,13,35-36,38-39H2,1H3,(H,64,70)/t50-/m1/s1. The molecule has 0 unspecified atom stereocenters. The van der Waals surface area contributed by atoms with Gasteiger partial charge in [0.1, 0.15) is 19.2 Å². The third kappa shape index (κ3) is 9.16. The molecule has 0 fully saturated rings. The van der Waals surface area contributed by atoms with Crippen LogP contribution in [0.4, 0.5) is 11.4 Å². The van der Waals surface area contributed by atoms with Gasteiger partial charge in [-0.1, -0.05) is 172 Å². The molecule has 0 bridgehead atoms. The van der Waals surface area contributed by atoms with Crippen LogP contribution in [0.3, 0.4) is 0 Å². The Bertz CT molecular complexity index is 4030. The first-order valence-corrected chi connectivity index (χ1v) is 26.5. The van der Waals surface area contributed by atoms with E-state index < -0.39 is 35.7 Å². The maximum Gasteiger partial charge on any atom is 0.353 e. The van der Waals surface area contributed by atoms with Crippen molar-refractivity contribution in [2.24, 2.45) is 0 Å². The molecule has 11 nitrogen and oxygen atoms in total. The molecule has 12 rings (SSSR count). The van der Waals surface area contributed by atoms with E-state index in [9.17, 15) is 19.2 Å². The number of esters is 1. The van der Waals surface area contributed by atoms with Gasteiger partial charge in [-0.05, 0) is 110 Å². The number of amides is 1. The first-order valence-electron chi connectivity index (χ1n) is 25.7. The molecule has 0 spiro atoms. The van der Waals surface area contributed by atoms with Crippen molar-refractivity contribution < 1.29 is 14.3 Å². The number of rotatable bonds is 16. The van der Waals surface area contributed by atoms with E-state index in [2.05, 4.69) is 94.9 Å². The van der Waals surface area contributed by atoms with Crippen molar-refractivity contribution in [3.05, 3.63) is 208 Å². The number of hydrogen-bond donors (Lipinski definition) is 1. The van der Waals surface area contributed by atoms with E-state index in [1.807, 2.05) is 97.1 Å². The molecule has 0 saturated heterocycles. The third-order valence-corrected chi connectivity index (χ3v) is 15.5. The Hall–Kier alpha value is -8.61. The first kappa shape index (κ1) is 47.4. The lowest BCUT2D eigenvalue weighted by molar-refractivity contribution is -0.149. The van der Waals surface area contributed by atoms with Crippen LogP contribution in [0.1, 0.15) is 50.2 Å². The first-order chi connectivity index (χ1) is 36.8. The van der Waals surface area contributed by atoms with Gasteiger partial charge in [0.15, 0.2) is 11.5 Å². The van der Waals surface area contributed by atoms with Crippen molar-refractivity contribution in [1.29, 1.82) is 0 Å². The quantitative estimate of drug-likeness (QED) is 0.0435. The Balaban J connectivity index is 0.839. The molecular formula is C63H52N6O5S. The lowest BCUT2D eigenvalue weighted by Gasteiger charge is -2.33. The van der Waals surface area contributed by atoms with E-state index in [-0.39, 0.29) is 24.5 Å². The Morgan fingerprint density at radius 3 is 2.19 bits per heavy atom. The Morgan fingerprint density at radius 1 is 0.653 bits per heavy atom. The molecule has 0 aromatic heterocycles. The zero-order valence-electron chi connectivity index (χ0n) is 41.4. The number of unbranched alkanes of at least 4 members (excludes halogenated alkanes) is 4. The molecule has 1 amide bonds. The van der Waals surface area contributed by atoms with Crippen LogP contribution in [-0.4, -0.2) is 43.6 Å². The van der Waals surface area contributed by atoms with Gasteiger partial charge in [-0.25, -0.2) is 19.1 Å². The van der Waals surface area contributed by atoms with Crippen molar-refractivity contribution in [2.75, 3.05) is 11.4 Å². The topological polar surface area (TPSA) is 128 Å². The largest absolute Gasteiger partial charge is 0.459 e. The van der Waals surface area contributed by atoms with Crippen molar-refractivity contribution in [3.63, 3.8) is 0 Å². The van der Waals surface area contributed by atoms with Gasteiger partial charge in [0, 0.05) is 28.4 Å². The van der Waals surface area contributed by atoms with Crippen molar-refractivity contribution in [2.45, 2.75) is 74.4 Å². The summed E-state index contributed by atoms with van der Waals surface area (Å²) >= 11 is 1.79. The second kappa shape index (κ2) is 20.4. The molecule has 3 heterocycles. The average molecular weight is 1010 g/mol. The molecule has 370 valence electrons. The zero-order valence-corrected chi connectivity index (χ0v) is 42.2. The minimum atomic E-state index is -1.16.